The number of nitrogens with one attached hydrogen (secondary N) is 2. The number of hydrogen-bond acceptors (Lipinski definition) is 6. The van der Waals surface area contributed by atoms with Crippen LogP contribution in [0.5, 0.6) is 0 Å². The summed E-state index contributed by atoms with van der Waals surface area (Å²) in [6.07, 6.45) is 2.06. The molecule has 20 heavy (non-hydrogen) atoms. The molecule has 1 rings (SSSR count). The summed E-state index contributed by atoms with van der Waals surface area (Å²) in [4.78, 5) is 18.6. The van der Waals surface area contributed by atoms with Crippen molar-refractivity contribution < 1.29 is 4.92 Å². The van der Waals surface area contributed by atoms with Gasteiger partial charge < -0.3 is 10.6 Å². The van der Waals surface area contributed by atoms with Gasteiger partial charge in [0.15, 0.2) is 0 Å². The predicted molar refractivity (Wildman–Crippen MR) is 80.0 cm³/mol. The van der Waals surface area contributed by atoms with Crippen molar-refractivity contribution in [2.24, 2.45) is 5.41 Å². The van der Waals surface area contributed by atoms with E-state index in [1.807, 2.05) is 13.8 Å². The van der Waals surface area contributed by atoms with Gasteiger partial charge in [0.25, 0.3) is 0 Å². The second kappa shape index (κ2) is 5.60. The van der Waals surface area contributed by atoms with Crippen LogP contribution >= 0.6 is 0 Å². The molecule has 2 N–H and O–H groups in total. The molecule has 112 valence electrons. The van der Waals surface area contributed by atoms with E-state index in [0.717, 1.165) is 6.42 Å². The second-order valence-corrected chi connectivity index (χ2v) is 6.68. The molecule has 0 saturated carbocycles. The van der Waals surface area contributed by atoms with E-state index in [2.05, 4.69) is 41.4 Å². The minimum absolute atomic E-state index is 0.101. The van der Waals surface area contributed by atoms with Crippen molar-refractivity contribution in [3.8, 4) is 0 Å². The summed E-state index contributed by atoms with van der Waals surface area (Å²) in [6.45, 7) is 10.4. The topological polar surface area (TPSA) is 93.0 Å². The Morgan fingerprint density at radius 2 is 1.90 bits per heavy atom. The molecule has 1 heterocycles. The molecule has 0 aromatic carbocycles. The Hall–Kier alpha value is -1.92. The van der Waals surface area contributed by atoms with E-state index in [4.69, 9.17) is 0 Å². The SMILES string of the molecule is CNc1ncc([N+](=O)[O-])c(NC(C)(C)CC(C)(C)C)n1. The third-order valence-corrected chi connectivity index (χ3v) is 2.62. The molecule has 0 aliphatic heterocycles. The molecular weight excluding hydrogens is 258 g/mol. The molecule has 0 amide bonds. The average molecular weight is 281 g/mol. The van der Waals surface area contributed by atoms with Gasteiger partial charge in [0, 0.05) is 12.6 Å². The zero-order chi connectivity index (χ0) is 15.6. The van der Waals surface area contributed by atoms with Crippen molar-refractivity contribution in [3.05, 3.63) is 16.3 Å². The molecule has 1 aromatic rings. The lowest BCUT2D eigenvalue weighted by molar-refractivity contribution is -0.384. The summed E-state index contributed by atoms with van der Waals surface area (Å²) in [5.74, 6) is 0.591. The van der Waals surface area contributed by atoms with E-state index < -0.39 is 4.92 Å². The predicted octanol–water partition coefficient (Wildman–Crippen LogP) is 3.05. The number of anilines is 2. The van der Waals surface area contributed by atoms with E-state index in [1.54, 1.807) is 7.05 Å². The number of nitro groups is 1. The summed E-state index contributed by atoms with van der Waals surface area (Å²) < 4.78 is 0. The van der Waals surface area contributed by atoms with E-state index >= 15 is 0 Å². The molecule has 0 unspecified atom stereocenters. The van der Waals surface area contributed by atoms with Crippen LogP contribution in [0.3, 0.4) is 0 Å². The molecule has 7 heteroatoms. The monoisotopic (exact) mass is 281 g/mol. The molecule has 0 saturated heterocycles. The summed E-state index contributed by atoms with van der Waals surface area (Å²) in [5, 5.41) is 17.0. The van der Waals surface area contributed by atoms with Crippen LogP contribution in [0.15, 0.2) is 6.20 Å². The minimum atomic E-state index is -0.477. The highest BCUT2D eigenvalue weighted by molar-refractivity contribution is 5.58. The molecule has 0 aliphatic carbocycles. The zero-order valence-electron chi connectivity index (χ0n) is 12.9. The first-order valence-corrected chi connectivity index (χ1v) is 6.51. The van der Waals surface area contributed by atoms with Crippen LogP contribution in [0.4, 0.5) is 17.5 Å². The van der Waals surface area contributed by atoms with Gasteiger partial charge in [-0.25, -0.2) is 4.98 Å². The summed E-state index contributed by atoms with van der Waals surface area (Å²) in [5.41, 5.74) is -0.335. The third kappa shape index (κ3) is 4.64. The van der Waals surface area contributed by atoms with Crippen LogP contribution in [-0.4, -0.2) is 27.5 Å². The fraction of sp³-hybridized carbons (Fsp3) is 0.692. The van der Waals surface area contributed by atoms with Gasteiger partial charge in [-0.3, -0.25) is 10.1 Å². The second-order valence-electron chi connectivity index (χ2n) is 6.68. The van der Waals surface area contributed by atoms with Gasteiger partial charge >= 0.3 is 5.69 Å². The Balaban J connectivity index is 3.08. The fourth-order valence-corrected chi connectivity index (χ4v) is 2.41. The van der Waals surface area contributed by atoms with Crippen molar-refractivity contribution >= 4 is 17.5 Å². The standard InChI is InChI=1S/C13H23N5O2/c1-12(2,3)8-13(4,5)17-10-9(18(19)20)7-15-11(14-6)16-10/h7H,8H2,1-6H3,(H2,14,15,16,17). The molecule has 0 spiro atoms. The van der Waals surface area contributed by atoms with Crippen LogP contribution < -0.4 is 10.6 Å². The van der Waals surface area contributed by atoms with Crippen LogP contribution in [0.2, 0.25) is 0 Å². The largest absolute Gasteiger partial charge is 0.359 e. The lowest BCUT2D eigenvalue weighted by Gasteiger charge is -2.33. The van der Waals surface area contributed by atoms with E-state index in [-0.39, 0.29) is 22.5 Å². The highest BCUT2D eigenvalue weighted by Gasteiger charge is 2.29. The maximum Gasteiger partial charge on any atom is 0.329 e. The van der Waals surface area contributed by atoms with Crippen molar-refractivity contribution in [2.75, 3.05) is 17.7 Å². The number of rotatable bonds is 5. The Labute approximate surface area is 119 Å². The average Bonchev–Trinajstić information content (AvgIpc) is 2.24. The quantitative estimate of drug-likeness (QED) is 0.636. The Morgan fingerprint density at radius 3 is 2.35 bits per heavy atom. The van der Waals surface area contributed by atoms with Gasteiger partial charge in [-0.15, -0.1) is 0 Å². The van der Waals surface area contributed by atoms with Crippen LogP contribution in [0.1, 0.15) is 41.0 Å². The van der Waals surface area contributed by atoms with Crippen LogP contribution in [0, 0.1) is 15.5 Å². The van der Waals surface area contributed by atoms with Gasteiger partial charge in [0.05, 0.1) is 4.92 Å². The van der Waals surface area contributed by atoms with Gasteiger partial charge in [0.2, 0.25) is 11.8 Å². The molecule has 0 radical (unpaired) electrons. The smallest absolute Gasteiger partial charge is 0.329 e. The molecule has 0 atom stereocenters. The molecule has 0 bridgehead atoms. The van der Waals surface area contributed by atoms with Gasteiger partial charge in [-0.2, -0.15) is 4.98 Å². The van der Waals surface area contributed by atoms with Gasteiger partial charge in [-0.05, 0) is 25.7 Å². The fourth-order valence-electron chi connectivity index (χ4n) is 2.41. The Kier molecular flexibility index (Phi) is 4.52. The lowest BCUT2D eigenvalue weighted by Crippen LogP contribution is -2.36. The zero-order valence-corrected chi connectivity index (χ0v) is 12.9. The minimum Gasteiger partial charge on any atom is -0.359 e. The van der Waals surface area contributed by atoms with Crippen molar-refractivity contribution in [2.45, 2.75) is 46.6 Å². The Bertz CT molecular complexity index is 494. The first-order chi connectivity index (χ1) is 9.04. The van der Waals surface area contributed by atoms with E-state index in [0.29, 0.717) is 5.95 Å². The normalized spacial score (nSPS) is 12.1. The molecule has 0 fully saturated rings. The maximum atomic E-state index is 11.1. The molecular formula is C13H23N5O2. The summed E-state index contributed by atoms with van der Waals surface area (Å²) in [7, 11) is 1.67. The number of hydrogen-bond donors (Lipinski definition) is 2. The molecule has 7 nitrogen and oxygen atoms in total. The maximum absolute atomic E-state index is 11.1. The third-order valence-electron chi connectivity index (χ3n) is 2.62. The van der Waals surface area contributed by atoms with Crippen molar-refractivity contribution in [3.63, 3.8) is 0 Å². The highest BCUT2D eigenvalue weighted by atomic mass is 16.6. The van der Waals surface area contributed by atoms with Gasteiger partial charge in [-0.1, -0.05) is 20.8 Å². The molecule has 0 aliphatic rings. The van der Waals surface area contributed by atoms with Crippen molar-refractivity contribution in [1.82, 2.24) is 9.97 Å². The number of aromatic nitrogens is 2. The van der Waals surface area contributed by atoms with Crippen LogP contribution in [-0.2, 0) is 0 Å². The lowest BCUT2D eigenvalue weighted by atomic mass is 9.82. The summed E-state index contributed by atoms with van der Waals surface area (Å²) >= 11 is 0. The van der Waals surface area contributed by atoms with Crippen molar-refractivity contribution in [1.29, 1.82) is 0 Å². The van der Waals surface area contributed by atoms with Crippen LogP contribution in [0.25, 0.3) is 0 Å². The Morgan fingerprint density at radius 1 is 1.30 bits per heavy atom. The summed E-state index contributed by atoms with van der Waals surface area (Å²) in [6, 6.07) is 0. The van der Waals surface area contributed by atoms with E-state index in [1.165, 1.54) is 6.20 Å². The van der Waals surface area contributed by atoms with Gasteiger partial charge in [0.1, 0.15) is 6.20 Å². The first kappa shape index (κ1) is 16.1. The highest BCUT2D eigenvalue weighted by Crippen LogP contribution is 2.32. The van der Waals surface area contributed by atoms with E-state index in [9.17, 15) is 10.1 Å². The first-order valence-electron chi connectivity index (χ1n) is 6.51. The number of nitrogens with zero attached hydrogens (tertiary/aromatic N) is 3. The molecule has 1 aromatic heterocycles.